The van der Waals surface area contributed by atoms with Gasteiger partial charge in [0.05, 0.1) is 0 Å². The van der Waals surface area contributed by atoms with Crippen molar-refractivity contribution in [1.29, 1.82) is 0 Å². The fourth-order valence-electron chi connectivity index (χ4n) is 4.81. The molecule has 3 amide bonds. The summed E-state index contributed by atoms with van der Waals surface area (Å²) in [4.78, 5) is 40.2. The van der Waals surface area contributed by atoms with Crippen LogP contribution in [0.4, 0.5) is 4.79 Å². The minimum atomic E-state index is -0.643. The van der Waals surface area contributed by atoms with Crippen LogP contribution in [0.2, 0.25) is 0 Å². The van der Waals surface area contributed by atoms with Crippen molar-refractivity contribution in [2.24, 2.45) is 5.92 Å². The number of rotatable bonds is 6. The fourth-order valence-corrected chi connectivity index (χ4v) is 4.81. The maximum Gasteiger partial charge on any atom is 0.318 e. The van der Waals surface area contributed by atoms with Gasteiger partial charge in [-0.05, 0) is 37.3 Å². The summed E-state index contributed by atoms with van der Waals surface area (Å²) in [5.74, 6) is 0.225. The molecule has 4 rings (SSSR count). The number of aromatic nitrogens is 1. The number of nitrogens with zero attached hydrogens (tertiary/aromatic N) is 2. The first-order chi connectivity index (χ1) is 15.4. The predicted molar refractivity (Wildman–Crippen MR) is 123 cm³/mol. The van der Waals surface area contributed by atoms with Crippen LogP contribution in [0.1, 0.15) is 43.9 Å². The first kappa shape index (κ1) is 22.1. The van der Waals surface area contributed by atoms with Crippen LogP contribution in [0.3, 0.4) is 0 Å². The van der Waals surface area contributed by atoms with E-state index in [2.05, 4.69) is 10.6 Å². The molecule has 1 saturated heterocycles. The zero-order valence-electron chi connectivity index (χ0n) is 18.8. The molecule has 3 unspecified atom stereocenters. The molecule has 1 aromatic carbocycles. The van der Waals surface area contributed by atoms with Gasteiger partial charge in [0.25, 0.3) is 5.56 Å². The third-order valence-electron chi connectivity index (χ3n) is 6.66. The van der Waals surface area contributed by atoms with Gasteiger partial charge in [-0.3, -0.25) is 9.59 Å². The zero-order valence-corrected chi connectivity index (χ0v) is 18.8. The molecule has 0 radical (unpaired) electrons. The zero-order chi connectivity index (χ0) is 22.7. The van der Waals surface area contributed by atoms with Crippen LogP contribution < -0.4 is 16.2 Å². The van der Waals surface area contributed by atoms with E-state index in [1.165, 1.54) is 0 Å². The smallest absolute Gasteiger partial charge is 0.318 e. The van der Waals surface area contributed by atoms with Gasteiger partial charge in [-0.15, -0.1) is 0 Å². The highest BCUT2D eigenvalue weighted by Crippen LogP contribution is 2.34. The average molecular weight is 437 g/mol. The number of urea groups is 1. The molecule has 0 spiro atoms. The second-order valence-corrected chi connectivity index (χ2v) is 9.11. The SMILES string of the molecule is CCC(C)NC(=O)[C@H](Cc1ccccc1)NC(=O)N1CC2CC(C1)c1cccc(=O)n1C2. The highest BCUT2D eigenvalue weighted by Gasteiger charge is 2.37. The van der Waals surface area contributed by atoms with Crippen molar-refractivity contribution in [1.82, 2.24) is 20.1 Å². The van der Waals surface area contributed by atoms with Crippen LogP contribution >= 0.6 is 0 Å². The molecule has 3 heterocycles. The molecule has 2 aromatic rings. The van der Waals surface area contributed by atoms with Crippen molar-refractivity contribution in [3.63, 3.8) is 0 Å². The number of amides is 3. The van der Waals surface area contributed by atoms with Crippen molar-refractivity contribution >= 4 is 11.9 Å². The Morgan fingerprint density at radius 2 is 1.81 bits per heavy atom. The van der Waals surface area contributed by atoms with Crippen molar-refractivity contribution in [3.8, 4) is 0 Å². The van der Waals surface area contributed by atoms with E-state index in [-0.39, 0.29) is 35.4 Å². The second kappa shape index (κ2) is 9.59. The van der Waals surface area contributed by atoms with Crippen LogP contribution in [-0.2, 0) is 17.8 Å². The van der Waals surface area contributed by atoms with Gasteiger partial charge in [0.1, 0.15) is 6.04 Å². The Hall–Kier alpha value is -3.09. The van der Waals surface area contributed by atoms with E-state index in [0.717, 1.165) is 24.1 Å². The number of benzene rings is 1. The van der Waals surface area contributed by atoms with Crippen molar-refractivity contribution in [2.75, 3.05) is 13.1 Å². The third-order valence-corrected chi connectivity index (χ3v) is 6.66. The minimum Gasteiger partial charge on any atom is -0.352 e. The van der Waals surface area contributed by atoms with Gasteiger partial charge in [-0.1, -0.05) is 43.3 Å². The summed E-state index contributed by atoms with van der Waals surface area (Å²) in [6.45, 7) is 5.76. The lowest BCUT2D eigenvalue weighted by atomic mass is 9.83. The molecule has 7 nitrogen and oxygen atoms in total. The monoisotopic (exact) mass is 436 g/mol. The number of fused-ring (bicyclic) bond motifs is 4. The Balaban J connectivity index is 1.48. The Morgan fingerprint density at radius 3 is 2.56 bits per heavy atom. The molecule has 4 atom stereocenters. The standard InChI is InChI=1S/C25H32N4O3/c1-3-17(2)26-24(31)21(13-18-8-5-4-6-9-18)27-25(32)28-14-19-12-20(16-28)22-10-7-11-23(30)29(22)15-19/h4-11,17,19-21H,3,12-16H2,1-2H3,(H,26,31)(H,27,32)/t17?,19?,20?,21-/m0/s1. The molecule has 2 aliphatic heterocycles. The molecule has 0 saturated carbocycles. The largest absolute Gasteiger partial charge is 0.352 e. The highest BCUT2D eigenvalue weighted by molar-refractivity contribution is 5.87. The summed E-state index contributed by atoms with van der Waals surface area (Å²) < 4.78 is 1.85. The van der Waals surface area contributed by atoms with E-state index in [4.69, 9.17) is 0 Å². The third kappa shape index (κ3) is 4.87. The molecule has 0 aliphatic carbocycles. The number of likely N-dealkylation sites (tertiary alicyclic amines) is 1. The molecule has 2 bridgehead atoms. The number of pyridine rings is 1. The van der Waals surface area contributed by atoms with Gasteiger partial charge < -0.3 is 20.1 Å². The maximum atomic E-state index is 13.2. The van der Waals surface area contributed by atoms with Gasteiger partial charge >= 0.3 is 6.03 Å². The Bertz CT molecular complexity index is 1020. The topological polar surface area (TPSA) is 83.4 Å². The molecular weight excluding hydrogens is 404 g/mol. The lowest BCUT2D eigenvalue weighted by Gasteiger charge is -2.43. The summed E-state index contributed by atoms with van der Waals surface area (Å²) in [6, 6.07) is 14.3. The average Bonchev–Trinajstić information content (AvgIpc) is 2.79. The number of carbonyl (C=O) groups excluding carboxylic acids is 2. The normalized spacial score (nSPS) is 21.2. The van der Waals surface area contributed by atoms with E-state index < -0.39 is 6.04 Å². The van der Waals surface area contributed by atoms with E-state index in [1.807, 2.05) is 59.7 Å². The molecule has 170 valence electrons. The number of nitrogens with one attached hydrogen (secondary N) is 2. The second-order valence-electron chi connectivity index (χ2n) is 9.11. The van der Waals surface area contributed by atoms with E-state index in [1.54, 1.807) is 12.1 Å². The molecule has 2 aliphatic rings. The molecule has 2 N–H and O–H groups in total. The molecule has 7 heteroatoms. The van der Waals surface area contributed by atoms with Gasteiger partial charge in [-0.25, -0.2) is 4.79 Å². The van der Waals surface area contributed by atoms with Gasteiger partial charge in [0.15, 0.2) is 0 Å². The van der Waals surface area contributed by atoms with Crippen LogP contribution in [0.15, 0.2) is 53.3 Å². The molecule has 1 fully saturated rings. The Labute approximate surface area is 188 Å². The summed E-state index contributed by atoms with van der Waals surface area (Å²) in [6.07, 6.45) is 2.24. The first-order valence-corrected chi connectivity index (χ1v) is 11.5. The molecule has 32 heavy (non-hydrogen) atoms. The van der Waals surface area contributed by atoms with E-state index in [9.17, 15) is 14.4 Å². The van der Waals surface area contributed by atoms with E-state index in [0.29, 0.717) is 26.1 Å². The number of hydrogen-bond donors (Lipinski definition) is 2. The lowest BCUT2D eigenvalue weighted by Crippen LogP contribution is -2.57. The first-order valence-electron chi connectivity index (χ1n) is 11.5. The Morgan fingerprint density at radius 1 is 1.03 bits per heavy atom. The lowest BCUT2D eigenvalue weighted by molar-refractivity contribution is -0.123. The minimum absolute atomic E-state index is 0.0275. The summed E-state index contributed by atoms with van der Waals surface area (Å²) in [5.41, 5.74) is 2.03. The predicted octanol–water partition coefficient (Wildman–Crippen LogP) is 2.50. The maximum absolute atomic E-state index is 13.2. The van der Waals surface area contributed by atoms with Gasteiger partial charge in [0.2, 0.25) is 5.91 Å². The van der Waals surface area contributed by atoms with Crippen LogP contribution in [0.5, 0.6) is 0 Å². The van der Waals surface area contributed by atoms with Crippen LogP contribution in [0.25, 0.3) is 0 Å². The van der Waals surface area contributed by atoms with Crippen LogP contribution in [-0.4, -0.2) is 46.6 Å². The quantitative estimate of drug-likeness (QED) is 0.730. The summed E-state index contributed by atoms with van der Waals surface area (Å²) in [7, 11) is 0. The van der Waals surface area contributed by atoms with Gasteiger partial charge in [0, 0.05) is 49.8 Å². The number of carbonyl (C=O) groups is 2. The highest BCUT2D eigenvalue weighted by atomic mass is 16.2. The van der Waals surface area contributed by atoms with Gasteiger partial charge in [-0.2, -0.15) is 0 Å². The molecular formula is C25H32N4O3. The van der Waals surface area contributed by atoms with Crippen LogP contribution in [0, 0.1) is 5.92 Å². The molecule has 1 aromatic heterocycles. The van der Waals surface area contributed by atoms with Crippen molar-refractivity contribution in [2.45, 2.75) is 57.7 Å². The Kier molecular flexibility index (Phi) is 6.63. The summed E-state index contributed by atoms with van der Waals surface area (Å²) >= 11 is 0. The van der Waals surface area contributed by atoms with Crippen molar-refractivity contribution in [3.05, 3.63) is 70.1 Å². The summed E-state index contributed by atoms with van der Waals surface area (Å²) in [5, 5.41) is 6.00. The van der Waals surface area contributed by atoms with E-state index >= 15 is 0 Å². The number of piperidine rings is 1. The van der Waals surface area contributed by atoms with Crippen molar-refractivity contribution < 1.29 is 9.59 Å². The number of hydrogen-bond acceptors (Lipinski definition) is 3. The fraction of sp³-hybridized carbons (Fsp3) is 0.480.